The highest BCUT2D eigenvalue weighted by atomic mass is 16.5. The van der Waals surface area contributed by atoms with Crippen LogP contribution in [0.3, 0.4) is 0 Å². The third kappa shape index (κ3) is 3.03. The molecule has 0 spiro atoms. The topological polar surface area (TPSA) is 38.6 Å². The molecule has 22 heavy (non-hydrogen) atoms. The van der Waals surface area contributed by atoms with E-state index in [4.69, 9.17) is 4.74 Å². The van der Waals surface area contributed by atoms with Crippen molar-refractivity contribution < 1.29 is 4.74 Å². The van der Waals surface area contributed by atoms with Crippen molar-refractivity contribution in [2.45, 2.75) is 19.0 Å². The smallest absolute Gasteiger partial charge is 0.137 e. The summed E-state index contributed by atoms with van der Waals surface area (Å²) in [6.07, 6.45) is 4.07. The van der Waals surface area contributed by atoms with E-state index in [0.29, 0.717) is 13.2 Å². The molecule has 4 nitrogen and oxygen atoms in total. The van der Waals surface area contributed by atoms with Gasteiger partial charge in [-0.15, -0.1) is 0 Å². The normalized spacial score (nSPS) is 14.1. The third-order valence-electron chi connectivity index (χ3n) is 3.92. The van der Waals surface area contributed by atoms with Gasteiger partial charge in [-0.25, -0.2) is 4.98 Å². The Morgan fingerprint density at radius 1 is 1.14 bits per heavy atom. The molecule has 3 aromatic rings. The van der Waals surface area contributed by atoms with Crippen LogP contribution in [0, 0.1) is 0 Å². The second-order valence-electron chi connectivity index (χ2n) is 5.68. The van der Waals surface area contributed by atoms with Crippen LogP contribution in [-0.2, 0) is 16.8 Å². The predicted octanol–water partition coefficient (Wildman–Crippen LogP) is 2.99. The van der Waals surface area contributed by atoms with Crippen LogP contribution in [0.2, 0.25) is 0 Å². The lowest BCUT2D eigenvalue weighted by molar-refractivity contribution is 0.117. The van der Waals surface area contributed by atoms with Crippen molar-refractivity contribution in [3.8, 4) is 0 Å². The number of nitrogens with zero attached hydrogens (tertiary/aromatic N) is 2. The van der Waals surface area contributed by atoms with Crippen molar-refractivity contribution in [3.63, 3.8) is 0 Å². The van der Waals surface area contributed by atoms with Crippen LogP contribution in [0.1, 0.15) is 18.2 Å². The zero-order chi connectivity index (χ0) is 15.4. The number of ether oxygens (including phenoxy) is 1. The van der Waals surface area contributed by atoms with E-state index in [9.17, 15) is 0 Å². The summed E-state index contributed by atoms with van der Waals surface area (Å²) in [6.45, 7) is 3.45. The maximum absolute atomic E-state index is 5.42. The molecule has 114 valence electrons. The average Bonchev–Trinajstić information content (AvgIpc) is 2.97. The van der Waals surface area contributed by atoms with E-state index in [0.717, 1.165) is 11.3 Å². The van der Waals surface area contributed by atoms with E-state index in [1.807, 2.05) is 34.9 Å². The number of methoxy groups -OCH3 is 1. The molecule has 0 radical (unpaired) electrons. The Bertz CT molecular complexity index is 705. The van der Waals surface area contributed by atoms with Crippen LogP contribution in [-0.4, -0.2) is 23.1 Å². The van der Waals surface area contributed by atoms with Gasteiger partial charge in [0.2, 0.25) is 0 Å². The van der Waals surface area contributed by atoms with Crippen molar-refractivity contribution in [1.29, 1.82) is 0 Å². The number of benzene rings is 1. The van der Waals surface area contributed by atoms with Gasteiger partial charge in [-0.1, -0.05) is 36.4 Å². The number of hydrogen-bond donors (Lipinski definition) is 1. The summed E-state index contributed by atoms with van der Waals surface area (Å²) in [7, 11) is 1.73. The van der Waals surface area contributed by atoms with E-state index >= 15 is 0 Å². The molecule has 0 saturated heterocycles. The molecule has 3 rings (SSSR count). The van der Waals surface area contributed by atoms with Gasteiger partial charge in [0.1, 0.15) is 5.65 Å². The quantitative estimate of drug-likeness (QED) is 0.760. The summed E-state index contributed by atoms with van der Waals surface area (Å²) < 4.78 is 7.46. The number of hydrogen-bond acceptors (Lipinski definition) is 3. The fraction of sp³-hybridized carbons (Fsp3) is 0.278. The van der Waals surface area contributed by atoms with E-state index in [2.05, 4.69) is 47.7 Å². The van der Waals surface area contributed by atoms with Gasteiger partial charge in [0.05, 0.1) is 17.8 Å². The molecule has 0 aliphatic heterocycles. The third-order valence-corrected chi connectivity index (χ3v) is 3.92. The van der Waals surface area contributed by atoms with Crippen molar-refractivity contribution in [2.75, 3.05) is 13.7 Å². The van der Waals surface area contributed by atoms with E-state index in [-0.39, 0.29) is 5.54 Å². The number of fused-ring (bicyclic) bond motifs is 1. The molecule has 1 aromatic carbocycles. The number of rotatable bonds is 6. The molecule has 0 aliphatic rings. The summed E-state index contributed by atoms with van der Waals surface area (Å²) in [4.78, 5) is 4.63. The molecule has 0 fully saturated rings. The summed E-state index contributed by atoms with van der Waals surface area (Å²) in [5, 5.41) is 3.59. The lowest BCUT2D eigenvalue weighted by Crippen LogP contribution is -2.43. The summed E-state index contributed by atoms with van der Waals surface area (Å²) in [6, 6.07) is 16.4. The molecule has 1 N–H and O–H groups in total. The minimum Gasteiger partial charge on any atom is -0.382 e. The van der Waals surface area contributed by atoms with Crippen LogP contribution in [0.4, 0.5) is 0 Å². The average molecular weight is 295 g/mol. The van der Waals surface area contributed by atoms with Crippen LogP contribution in [0.5, 0.6) is 0 Å². The van der Waals surface area contributed by atoms with Crippen molar-refractivity contribution in [1.82, 2.24) is 14.7 Å². The number of pyridine rings is 1. The zero-order valence-electron chi connectivity index (χ0n) is 13.0. The van der Waals surface area contributed by atoms with Crippen LogP contribution in [0.25, 0.3) is 5.65 Å². The maximum Gasteiger partial charge on any atom is 0.137 e. The number of imidazole rings is 1. The summed E-state index contributed by atoms with van der Waals surface area (Å²) in [5.74, 6) is 0. The molecular weight excluding hydrogens is 274 g/mol. The first-order valence-corrected chi connectivity index (χ1v) is 7.43. The number of aromatic nitrogens is 2. The van der Waals surface area contributed by atoms with Crippen LogP contribution in [0.15, 0.2) is 60.9 Å². The van der Waals surface area contributed by atoms with Gasteiger partial charge in [-0.2, -0.15) is 0 Å². The molecule has 0 aliphatic carbocycles. The van der Waals surface area contributed by atoms with E-state index in [1.165, 1.54) is 5.56 Å². The van der Waals surface area contributed by atoms with Crippen molar-refractivity contribution in [2.24, 2.45) is 0 Å². The molecule has 0 amide bonds. The molecule has 0 bridgehead atoms. The first-order chi connectivity index (χ1) is 10.7. The zero-order valence-corrected chi connectivity index (χ0v) is 13.0. The second-order valence-corrected chi connectivity index (χ2v) is 5.68. The highest BCUT2D eigenvalue weighted by Gasteiger charge is 2.26. The SMILES string of the molecule is COC[C@](C)(NCc1cn2ccccc2n1)c1ccccc1. The summed E-state index contributed by atoms with van der Waals surface area (Å²) >= 11 is 0. The Morgan fingerprint density at radius 3 is 2.64 bits per heavy atom. The predicted molar refractivity (Wildman–Crippen MR) is 87.7 cm³/mol. The molecule has 1 atom stereocenters. The first-order valence-electron chi connectivity index (χ1n) is 7.43. The molecule has 0 unspecified atom stereocenters. The van der Waals surface area contributed by atoms with E-state index < -0.39 is 0 Å². The fourth-order valence-electron chi connectivity index (χ4n) is 2.69. The van der Waals surface area contributed by atoms with Gasteiger partial charge in [0, 0.05) is 26.0 Å². The first kappa shape index (κ1) is 14.8. The largest absolute Gasteiger partial charge is 0.382 e. The standard InChI is InChI=1S/C18H21N3O/c1-18(14-22-2,15-8-4-3-5-9-15)19-12-16-13-21-11-7-6-10-17(21)20-16/h3-11,13,19H,12,14H2,1-2H3/t18-/m0/s1. The highest BCUT2D eigenvalue weighted by Crippen LogP contribution is 2.21. The minimum atomic E-state index is -0.244. The van der Waals surface area contributed by atoms with Crippen molar-refractivity contribution >= 4 is 5.65 Å². The second kappa shape index (κ2) is 6.30. The van der Waals surface area contributed by atoms with Crippen molar-refractivity contribution in [3.05, 3.63) is 72.2 Å². The Balaban J connectivity index is 1.79. The van der Waals surface area contributed by atoms with Gasteiger partial charge in [-0.3, -0.25) is 5.32 Å². The lowest BCUT2D eigenvalue weighted by Gasteiger charge is -2.30. The molecule has 2 heterocycles. The Kier molecular flexibility index (Phi) is 4.22. The highest BCUT2D eigenvalue weighted by molar-refractivity contribution is 5.39. The Morgan fingerprint density at radius 2 is 1.91 bits per heavy atom. The van der Waals surface area contributed by atoms with Crippen LogP contribution >= 0.6 is 0 Å². The molecule has 2 aromatic heterocycles. The maximum atomic E-state index is 5.42. The minimum absolute atomic E-state index is 0.244. The molecule has 0 saturated carbocycles. The Labute approximate surface area is 130 Å². The molecule has 4 heteroatoms. The molecular formula is C18H21N3O. The lowest BCUT2D eigenvalue weighted by atomic mass is 9.93. The van der Waals surface area contributed by atoms with Gasteiger partial charge in [-0.05, 0) is 24.6 Å². The van der Waals surface area contributed by atoms with Gasteiger partial charge < -0.3 is 9.14 Å². The summed E-state index contributed by atoms with van der Waals surface area (Å²) in [5.41, 5.74) is 2.95. The monoisotopic (exact) mass is 295 g/mol. The van der Waals surface area contributed by atoms with Crippen LogP contribution < -0.4 is 5.32 Å². The van der Waals surface area contributed by atoms with Gasteiger partial charge in [0.25, 0.3) is 0 Å². The van der Waals surface area contributed by atoms with E-state index in [1.54, 1.807) is 7.11 Å². The fourth-order valence-corrected chi connectivity index (χ4v) is 2.69. The van der Waals surface area contributed by atoms with Gasteiger partial charge in [0.15, 0.2) is 0 Å². The number of nitrogens with one attached hydrogen (secondary N) is 1. The Hall–Kier alpha value is -2.17. The van der Waals surface area contributed by atoms with Gasteiger partial charge >= 0.3 is 0 Å².